The molecule has 3 fully saturated rings. The fourth-order valence-electron chi connectivity index (χ4n) is 4.16. The number of alkyl halides is 3. The standard InChI is InChI=1S/C15H21F3N4O3S/c1-20-13(6-12(19-20)15(16,17)18)26(23,24)22-9-14(10-22)7-21(8-14)11-2-4-25-5-3-11/h6,11H,2-5,7-10H2,1H3. The molecular formula is C15H21F3N4O3S. The molecule has 26 heavy (non-hydrogen) atoms. The third-order valence-corrected chi connectivity index (χ3v) is 7.39. The van der Waals surface area contributed by atoms with Gasteiger partial charge in [-0.2, -0.15) is 22.6 Å². The molecule has 0 aromatic carbocycles. The summed E-state index contributed by atoms with van der Waals surface area (Å²) in [4.78, 5) is 2.36. The molecule has 0 unspecified atom stereocenters. The number of sulfonamides is 1. The maximum absolute atomic E-state index is 12.8. The van der Waals surface area contributed by atoms with Gasteiger partial charge in [0.2, 0.25) is 0 Å². The average Bonchev–Trinajstić information content (AvgIpc) is 2.88. The van der Waals surface area contributed by atoms with Gasteiger partial charge in [0.15, 0.2) is 10.7 Å². The van der Waals surface area contributed by atoms with E-state index in [0.29, 0.717) is 25.2 Å². The Morgan fingerprint density at radius 2 is 1.81 bits per heavy atom. The predicted octanol–water partition coefficient (Wildman–Crippen LogP) is 0.924. The summed E-state index contributed by atoms with van der Waals surface area (Å²) in [6, 6.07) is 1.10. The van der Waals surface area contributed by atoms with E-state index < -0.39 is 26.9 Å². The Morgan fingerprint density at radius 3 is 2.35 bits per heavy atom. The molecule has 0 N–H and O–H groups in total. The molecule has 7 nitrogen and oxygen atoms in total. The quantitative estimate of drug-likeness (QED) is 0.763. The van der Waals surface area contributed by atoms with Crippen molar-refractivity contribution in [3.63, 3.8) is 0 Å². The molecule has 0 radical (unpaired) electrons. The summed E-state index contributed by atoms with van der Waals surface area (Å²) >= 11 is 0. The fourth-order valence-corrected chi connectivity index (χ4v) is 5.95. The van der Waals surface area contributed by atoms with E-state index >= 15 is 0 Å². The number of hydrogen-bond donors (Lipinski definition) is 0. The number of halogens is 3. The van der Waals surface area contributed by atoms with Gasteiger partial charge < -0.3 is 4.74 Å². The van der Waals surface area contributed by atoms with Gasteiger partial charge in [0, 0.05) is 64.0 Å². The van der Waals surface area contributed by atoms with Crippen molar-refractivity contribution in [2.24, 2.45) is 12.5 Å². The highest BCUT2D eigenvalue weighted by molar-refractivity contribution is 7.89. The summed E-state index contributed by atoms with van der Waals surface area (Å²) in [6.07, 6.45) is -2.68. The van der Waals surface area contributed by atoms with Crippen LogP contribution in [0.15, 0.2) is 11.1 Å². The fraction of sp³-hybridized carbons (Fsp3) is 0.800. The van der Waals surface area contributed by atoms with Crippen LogP contribution in [0.3, 0.4) is 0 Å². The monoisotopic (exact) mass is 394 g/mol. The molecule has 1 aromatic rings. The number of ether oxygens (including phenoxy) is 1. The first kappa shape index (κ1) is 18.2. The smallest absolute Gasteiger partial charge is 0.381 e. The molecule has 1 aromatic heterocycles. The molecule has 4 heterocycles. The minimum atomic E-state index is -4.67. The summed E-state index contributed by atoms with van der Waals surface area (Å²) in [5.74, 6) is 0. The normalized spacial score (nSPS) is 25.2. The van der Waals surface area contributed by atoms with Crippen molar-refractivity contribution in [2.45, 2.75) is 30.1 Å². The topological polar surface area (TPSA) is 67.7 Å². The second-order valence-corrected chi connectivity index (χ2v) is 9.40. The molecule has 3 saturated heterocycles. The third kappa shape index (κ3) is 2.94. The summed E-state index contributed by atoms with van der Waals surface area (Å²) < 4.78 is 71.0. The summed E-state index contributed by atoms with van der Waals surface area (Å²) in [5.41, 5.74) is -1.25. The van der Waals surface area contributed by atoms with Crippen LogP contribution in [-0.4, -0.2) is 72.8 Å². The van der Waals surface area contributed by atoms with E-state index in [-0.39, 0.29) is 5.41 Å². The van der Waals surface area contributed by atoms with Crippen LogP contribution in [0, 0.1) is 5.41 Å². The minimum Gasteiger partial charge on any atom is -0.381 e. The van der Waals surface area contributed by atoms with Crippen LogP contribution in [-0.2, 0) is 28.0 Å². The van der Waals surface area contributed by atoms with E-state index in [4.69, 9.17) is 4.74 Å². The Hall–Kier alpha value is -1.17. The molecule has 0 amide bonds. The first-order valence-corrected chi connectivity index (χ1v) is 9.98. The maximum atomic E-state index is 12.8. The molecule has 11 heteroatoms. The van der Waals surface area contributed by atoms with Crippen molar-refractivity contribution >= 4 is 10.0 Å². The van der Waals surface area contributed by atoms with Gasteiger partial charge in [-0.3, -0.25) is 9.58 Å². The molecule has 0 saturated carbocycles. The lowest BCUT2D eigenvalue weighted by Gasteiger charge is -2.61. The summed E-state index contributed by atoms with van der Waals surface area (Å²) in [7, 11) is -2.75. The SMILES string of the molecule is Cn1nc(C(F)(F)F)cc1S(=O)(=O)N1CC2(CN(C3CCOCC3)C2)C1. The highest BCUT2D eigenvalue weighted by atomic mass is 32.2. The number of nitrogens with zero attached hydrogens (tertiary/aromatic N) is 4. The number of aromatic nitrogens is 2. The van der Waals surface area contributed by atoms with Gasteiger partial charge in [0.25, 0.3) is 10.0 Å². The van der Waals surface area contributed by atoms with E-state index in [1.165, 1.54) is 11.4 Å². The zero-order chi connectivity index (χ0) is 18.7. The largest absolute Gasteiger partial charge is 0.435 e. The Labute approximate surface area is 149 Å². The van der Waals surface area contributed by atoms with Gasteiger partial charge in [-0.15, -0.1) is 0 Å². The predicted molar refractivity (Wildman–Crippen MR) is 84.8 cm³/mol. The lowest BCUT2D eigenvalue weighted by Crippen LogP contribution is -2.74. The van der Waals surface area contributed by atoms with Crippen molar-refractivity contribution in [1.82, 2.24) is 19.0 Å². The average molecular weight is 394 g/mol. The molecule has 0 bridgehead atoms. The Kier molecular flexibility index (Phi) is 4.14. The molecule has 3 aliphatic heterocycles. The van der Waals surface area contributed by atoms with Gasteiger partial charge in [0.05, 0.1) is 0 Å². The van der Waals surface area contributed by atoms with Crippen molar-refractivity contribution in [1.29, 1.82) is 0 Å². The van der Waals surface area contributed by atoms with Gasteiger partial charge in [-0.25, -0.2) is 8.42 Å². The van der Waals surface area contributed by atoms with Crippen molar-refractivity contribution < 1.29 is 26.3 Å². The number of rotatable bonds is 3. The number of aryl methyl sites for hydroxylation is 1. The van der Waals surface area contributed by atoms with Crippen LogP contribution in [0.1, 0.15) is 18.5 Å². The third-order valence-electron chi connectivity index (χ3n) is 5.54. The van der Waals surface area contributed by atoms with Crippen LogP contribution >= 0.6 is 0 Å². The molecule has 0 atom stereocenters. The van der Waals surface area contributed by atoms with Crippen LogP contribution in [0.5, 0.6) is 0 Å². The van der Waals surface area contributed by atoms with Gasteiger partial charge >= 0.3 is 6.18 Å². The molecule has 3 aliphatic rings. The molecule has 0 aliphatic carbocycles. The van der Waals surface area contributed by atoms with E-state index in [9.17, 15) is 21.6 Å². The molecule has 1 spiro atoms. The zero-order valence-electron chi connectivity index (χ0n) is 14.4. The maximum Gasteiger partial charge on any atom is 0.435 e. The van der Waals surface area contributed by atoms with Crippen LogP contribution in [0.25, 0.3) is 0 Å². The molecule has 4 rings (SSSR count). The first-order valence-electron chi connectivity index (χ1n) is 8.54. The molecule has 146 valence electrons. The zero-order valence-corrected chi connectivity index (χ0v) is 15.2. The van der Waals surface area contributed by atoms with Crippen molar-refractivity contribution in [3.05, 3.63) is 11.8 Å². The highest BCUT2D eigenvalue weighted by Gasteiger charge is 2.56. The van der Waals surface area contributed by atoms with Crippen LogP contribution in [0.2, 0.25) is 0 Å². The minimum absolute atomic E-state index is 0.0587. The first-order chi connectivity index (χ1) is 12.1. The van der Waals surface area contributed by atoms with Gasteiger partial charge in [-0.05, 0) is 12.8 Å². The second-order valence-electron chi connectivity index (χ2n) is 7.51. The van der Waals surface area contributed by atoms with Crippen LogP contribution < -0.4 is 0 Å². The van der Waals surface area contributed by atoms with E-state index in [1.54, 1.807) is 0 Å². The van der Waals surface area contributed by atoms with Gasteiger partial charge in [0.1, 0.15) is 0 Å². The van der Waals surface area contributed by atoms with E-state index in [2.05, 4.69) is 10.00 Å². The van der Waals surface area contributed by atoms with Gasteiger partial charge in [-0.1, -0.05) is 0 Å². The lowest BCUT2D eigenvalue weighted by atomic mass is 9.73. The Balaban J connectivity index is 1.40. The second kappa shape index (κ2) is 5.91. The van der Waals surface area contributed by atoms with Crippen molar-refractivity contribution in [3.8, 4) is 0 Å². The van der Waals surface area contributed by atoms with E-state index in [0.717, 1.165) is 43.8 Å². The van der Waals surface area contributed by atoms with E-state index in [1.807, 2.05) is 0 Å². The summed E-state index contributed by atoms with van der Waals surface area (Å²) in [6.45, 7) is 3.89. The van der Waals surface area contributed by atoms with Crippen molar-refractivity contribution in [2.75, 3.05) is 39.4 Å². The number of hydrogen-bond acceptors (Lipinski definition) is 5. The lowest BCUT2D eigenvalue weighted by molar-refractivity contribution is -0.141. The Bertz CT molecular complexity index is 788. The number of likely N-dealkylation sites (tertiary alicyclic amines) is 1. The highest BCUT2D eigenvalue weighted by Crippen LogP contribution is 2.44. The Morgan fingerprint density at radius 1 is 1.19 bits per heavy atom. The summed E-state index contributed by atoms with van der Waals surface area (Å²) in [5, 5.41) is 2.88. The molecular weight excluding hydrogens is 373 g/mol. The van der Waals surface area contributed by atoms with Crippen LogP contribution in [0.4, 0.5) is 13.2 Å².